The monoisotopic (exact) mass is 323 g/mol. The van der Waals surface area contributed by atoms with Crippen LogP contribution in [0, 0.1) is 6.92 Å². The molecule has 2 aromatic rings. The van der Waals surface area contributed by atoms with Crippen LogP contribution in [-0.4, -0.2) is 31.6 Å². The summed E-state index contributed by atoms with van der Waals surface area (Å²) in [6, 6.07) is 9.60. The summed E-state index contributed by atoms with van der Waals surface area (Å²) in [7, 11) is -2.19. The lowest BCUT2D eigenvalue weighted by molar-refractivity contribution is 0.0919. The maximum Gasteiger partial charge on any atom is 0.252 e. The van der Waals surface area contributed by atoms with Crippen molar-refractivity contribution in [3.63, 3.8) is 0 Å². The van der Waals surface area contributed by atoms with E-state index in [4.69, 9.17) is 0 Å². The molecule has 0 radical (unpaired) electrons. The molecule has 0 amide bonds. The third-order valence-corrected chi connectivity index (χ3v) is 6.69. The van der Waals surface area contributed by atoms with Crippen molar-refractivity contribution < 1.29 is 13.2 Å². The minimum absolute atomic E-state index is 0.211. The highest BCUT2D eigenvalue weighted by Gasteiger charge is 2.30. The van der Waals surface area contributed by atoms with Gasteiger partial charge in [0.15, 0.2) is 5.78 Å². The van der Waals surface area contributed by atoms with Crippen LogP contribution in [0.3, 0.4) is 0 Å². The molecule has 0 saturated carbocycles. The number of rotatable bonds is 5. The van der Waals surface area contributed by atoms with Crippen LogP contribution < -0.4 is 0 Å². The summed E-state index contributed by atoms with van der Waals surface area (Å²) >= 11 is 1.14. The van der Waals surface area contributed by atoms with Crippen LogP contribution >= 0.6 is 11.3 Å². The smallest absolute Gasteiger partial charge is 0.252 e. The largest absolute Gasteiger partial charge is 0.292 e. The highest BCUT2D eigenvalue weighted by atomic mass is 32.2. The molecule has 0 N–H and O–H groups in total. The molecule has 4 nitrogen and oxygen atoms in total. The number of hydrogen-bond acceptors (Lipinski definition) is 4. The Morgan fingerprint density at radius 1 is 1.19 bits per heavy atom. The van der Waals surface area contributed by atoms with Crippen molar-refractivity contribution in [1.29, 1.82) is 0 Å². The first-order valence-corrected chi connectivity index (χ1v) is 8.78. The van der Waals surface area contributed by atoms with E-state index in [-0.39, 0.29) is 9.99 Å². The Morgan fingerprint density at radius 2 is 1.81 bits per heavy atom. The first kappa shape index (κ1) is 15.9. The fraction of sp³-hybridized carbons (Fsp3) is 0.267. The normalized spacial score (nSPS) is 13.3. The fourth-order valence-corrected chi connectivity index (χ4v) is 4.39. The van der Waals surface area contributed by atoms with E-state index in [2.05, 4.69) is 0 Å². The number of carbonyl (C=O) groups excluding carboxylic acids is 1. The van der Waals surface area contributed by atoms with Crippen LogP contribution in [0.15, 0.2) is 46.0 Å². The summed E-state index contributed by atoms with van der Waals surface area (Å²) < 4.78 is 26.2. The topological polar surface area (TPSA) is 54.5 Å². The van der Waals surface area contributed by atoms with Crippen LogP contribution in [0.4, 0.5) is 0 Å². The fourth-order valence-electron chi connectivity index (χ4n) is 1.88. The van der Waals surface area contributed by atoms with Gasteiger partial charge in [-0.1, -0.05) is 35.9 Å². The average Bonchev–Trinajstić information content (AvgIpc) is 3.00. The molecule has 0 spiro atoms. The van der Waals surface area contributed by atoms with Crippen molar-refractivity contribution in [2.75, 3.05) is 7.05 Å². The number of thiophene rings is 1. The average molecular weight is 323 g/mol. The molecule has 0 bridgehead atoms. The Hall–Kier alpha value is -1.50. The Balaban J connectivity index is 2.25. The van der Waals surface area contributed by atoms with Gasteiger partial charge < -0.3 is 0 Å². The molecule has 1 aromatic carbocycles. The second kappa shape index (κ2) is 6.09. The molecule has 21 heavy (non-hydrogen) atoms. The third-order valence-electron chi connectivity index (χ3n) is 3.39. The van der Waals surface area contributed by atoms with Crippen LogP contribution in [-0.2, 0) is 10.0 Å². The molecule has 0 aliphatic carbocycles. The van der Waals surface area contributed by atoms with Gasteiger partial charge in [0, 0.05) is 12.6 Å². The first-order chi connectivity index (χ1) is 9.84. The Bertz CT molecular complexity index is 719. The molecule has 0 saturated heterocycles. The number of carbonyl (C=O) groups is 1. The number of Topliss-reactive ketones (excluding diaryl/α,β-unsaturated/α-hetero) is 1. The minimum Gasteiger partial charge on any atom is -0.292 e. The molecular weight excluding hydrogens is 306 g/mol. The predicted molar refractivity (Wildman–Crippen MR) is 84.2 cm³/mol. The Kier molecular flexibility index (Phi) is 4.61. The van der Waals surface area contributed by atoms with Crippen molar-refractivity contribution in [2.45, 2.75) is 24.1 Å². The number of nitrogens with zero attached hydrogens (tertiary/aromatic N) is 1. The van der Waals surface area contributed by atoms with Crippen LogP contribution in [0.1, 0.15) is 22.8 Å². The molecule has 1 heterocycles. The van der Waals surface area contributed by atoms with Crippen molar-refractivity contribution in [1.82, 2.24) is 4.31 Å². The molecule has 2 rings (SSSR count). The van der Waals surface area contributed by atoms with Gasteiger partial charge in [-0.2, -0.15) is 4.31 Å². The zero-order chi connectivity index (χ0) is 15.6. The standard InChI is InChI=1S/C15H17NO3S2/c1-11-6-8-13(9-7-11)15(17)12(2)16(3)21(18,19)14-5-4-10-20-14/h4-10,12H,1-3H3. The summed E-state index contributed by atoms with van der Waals surface area (Å²) in [5, 5.41) is 1.70. The summed E-state index contributed by atoms with van der Waals surface area (Å²) in [5.74, 6) is -0.211. The zero-order valence-electron chi connectivity index (χ0n) is 12.1. The number of ketones is 1. The van der Waals surface area contributed by atoms with Gasteiger partial charge in [0.05, 0.1) is 6.04 Å². The van der Waals surface area contributed by atoms with Crippen molar-refractivity contribution in [3.05, 3.63) is 52.9 Å². The zero-order valence-corrected chi connectivity index (χ0v) is 13.7. The minimum atomic E-state index is -3.63. The molecular formula is C15H17NO3S2. The molecule has 112 valence electrons. The van der Waals surface area contributed by atoms with Crippen LogP contribution in [0.25, 0.3) is 0 Å². The van der Waals surface area contributed by atoms with E-state index >= 15 is 0 Å². The number of aryl methyl sites for hydroxylation is 1. The van der Waals surface area contributed by atoms with E-state index in [1.54, 1.807) is 36.6 Å². The van der Waals surface area contributed by atoms with Gasteiger partial charge >= 0.3 is 0 Å². The number of likely N-dealkylation sites (N-methyl/N-ethyl adjacent to an activating group) is 1. The van der Waals surface area contributed by atoms with Gasteiger partial charge in [0.2, 0.25) is 0 Å². The second-order valence-corrected chi connectivity index (χ2v) is 8.03. The SMILES string of the molecule is Cc1ccc(C(=O)C(C)N(C)S(=O)(=O)c2cccs2)cc1. The molecule has 0 aliphatic rings. The number of hydrogen-bond donors (Lipinski definition) is 0. The Morgan fingerprint density at radius 3 is 2.33 bits per heavy atom. The predicted octanol–water partition coefficient (Wildman–Crippen LogP) is 2.95. The van der Waals surface area contributed by atoms with E-state index in [9.17, 15) is 13.2 Å². The van der Waals surface area contributed by atoms with Crippen molar-refractivity contribution in [2.24, 2.45) is 0 Å². The lowest BCUT2D eigenvalue weighted by Crippen LogP contribution is -2.40. The van der Waals surface area contributed by atoms with Gasteiger partial charge in [-0.3, -0.25) is 4.79 Å². The van der Waals surface area contributed by atoms with Gasteiger partial charge in [-0.25, -0.2) is 8.42 Å². The van der Waals surface area contributed by atoms with Crippen LogP contribution in [0.5, 0.6) is 0 Å². The van der Waals surface area contributed by atoms with E-state index in [0.29, 0.717) is 5.56 Å². The summed E-state index contributed by atoms with van der Waals surface area (Å²) in [4.78, 5) is 12.4. The third kappa shape index (κ3) is 3.23. The van der Waals surface area contributed by atoms with Gasteiger partial charge in [0.1, 0.15) is 4.21 Å². The van der Waals surface area contributed by atoms with E-state index in [1.807, 2.05) is 19.1 Å². The molecule has 6 heteroatoms. The van der Waals surface area contributed by atoms with Gasteiger partial charge in [-0.05, 0) is 25.3 Å². The maximum absolute atomic E-state index is 12.4. The molecule has 1 aromatic heterocycles. The van der Waals surface area contributed by atoms with Crippen molar-refractivity contribution >= 4 is 27.1 Å². The lowest BCUT2D eigenvalue weighted by atomic mass is 10.0. The lowest BCUT2D eigenvalue weighted by Gasteiger charge is -2.22. The second-order valence-electron chi connectivity index (χ2n) is 4.86. The van der Waals surface area contributed by atoms with E-state index < -0.39 is 16.1 Å². The maximum atomic E-state index is 12.4. The van der Waals surface area contributed by atoms with E-state index in [0.717, 1.165) is 21.2 Å². The van der Waals surface area contributed by atoms with E-state index in [1.165, 1.54) is 7.05 Å². The van der Waals surface area contributed by atoms with Crippen LogP contribution in [0.2, 0.25) is 0 Å². The number of benzene rings is 1. The summed E-state index contributed by atoms with van der Waals surface area (Å²) in [6.45, 7) is 3.54. The summed E-state index contributed by atoms with van der Waals surface area (Å²) in [5.41, 5.74) is 1.57. The molecule has 0 aliphatic heterocycles. The highest BCUT2D eigenvalue weighted by Crippen LogP contribution is 2.22. The first-order valence-electron chi connectivity index (χ1n) is 6.46. The molecule has 1 atom stereocenters. The Labute approximate surface area is 129 Å². The van der Waals surface area contributed by atoms with Gasteiger partial charge in [0.25, 0.3) is 10.0 Å². The van der Waals surface area contributed by atoms with Gasteiger partial charge in [-0.15, -0.1) is 11.3 Å². The molecule has 1 unspecified atom stereocenters. The quantitative estimate of drug-likeness (QED) is 0.795. The number of sulfonamides is 1. The molecule has 0 fully saturated rings. The van der Waals surface area contributed by atoms with Crippen molar-refractivity contribution in [3.8, 4) is 0 Å². The highest BCUT2D eigenvalue weighted by molar-refractivity contribution is 7.91. The summed E-state index contributed by atoms with van der Waals surface area (Å²) in [6.07, 6.45) is 0.